The van der Waals surface area contributed by atoms with Gasteiger partial charge in [-0.1, -0.05) is 71.8 Å². The number of benzene rings is 3. The predicted molar refractivity (Wildman–Crippen MR) is 178 cm³/mol. The van der Waals surface area contributed by atoms with E-state index in [2.05, 4.69) is 5.43 Å². The summed E-state index contributed by atoms with van der Waals surface area (Å²) in [6.07, 6.45) is 6.34. The van der Waals surface area contributed by atoms with Gasteiger partial charge in [0.1, 0.15) is 0 Å². The van der Waals surface area contributed by atoms with Gasteiger partial charge in [0.25, 0.3) is 11.8 Å². The fourth-order valence-electron chi connectivity index (χ4n) is 8.37. The average molecular weight is 648 g/mol. The molecule has 0 spiro atoms. The molecular weight excluding hydrogens is 610 g/mol. The van der Waals surface area contributed by atoms with E-state index in [0.717, 1.165) is 16.1 Å². The summed E-state index contributed by atoms with van der Waals surface area (Å²) in [6, 6.07) is 20.1. The molecule has 2 aliphatic carbocycles. The Morgan fingerprint density at radius 2 is 1.56 bits per heavy atom. The van der Waals surface area contributed by atoms with Crippen molar-refractivity contribution >= 4 is 35.4 Å². The Hall–Kier alpha value is -5.38. The zero-order chi connectivity index (χ0) is 33.9. The van der Waals surface area contributed by atoms with Crippen molar-refractivity contribution in [2.24, 2.45) is 29.6 Å². The molecule has 0 unspecified atom stereocenters. The van der Waals surface area contributed by atoms with Crippen LogP contribution in [0.5, 0.6) is 17.2 Å². The summed E-state index contributed by atoms with van der Waals surface area (Å²) in [5, 5.41) is 11.7. The molecule has 2 heterocycles. The van der Waals surface area contributed by atoms with Crippen LogP contribution in [-0.2, 0) is 24.6 Å². The molecule has 1 saturated carbocycles. The van der Waals surface area contributed by atoms with Crippen molar-refractivity contribution in [2.75, 3.05) is 26.7 Å². The third kappa shape index (κ3) is 4.53. The molecular formula is C38H37N3O7. The molecule has 0 bridgehead atoms. The van der Waals surface area contributed by atoms with Crippen molar-refractivity contribution < 1.29 is 33.8 Å². The first kappa shape index (κ1) is 31.2. The molecule has 2 aliphatic heterocycles. The number of phenolic OH excluding ortho intramolecular Hbond substituents is 1. The number of ether oxygens (including phenoxy) is 2. The fourth-order valence-corrected chi connectivity index (χ4v) is 8.37. The van der Waals surface area contributed by atoms with E-state index in [1.165, 1.54) is 26.2 Å². The molecule has 48 heavy (non-hydrogen) atoms. The van der Waals surface area contributed by atoms with Gasteiger partial charge in [-0.15, -0.1) is 0 Å². The minimum Gasteiger partial charge on any atom is -0.502 e. The number of amides is 4. The van der Waals surface area contributed by atoms with E-state index in [1.54, 1.807) is 12.1 Å². The molecule has 0 radical (unpaired) electrons. The van der Waals surface area contributed by atoms with Crippen LogP contribution in [0.25, 0.3) is 6.08 Å². The first-order valence-corrected chi connectivity index (χ1v) is 16.0. The highest BCUT2D eigenvalue weighted by Gasteiger charge is 2.69. The summed E-state index contributed by atoms with van der Waals surface area (Å²) in [6.45, 7) is 1.96. The molecule has 7 rings (SSSR count). The number of nitrogens with zero attached hydrogens (tertiary/aromatic N) is 2. The van der Waals surface area contributed by atoms with Gasteiger partial charge in [0.05, 0.1) is 43.1 Å². The number of aromatic hydroxyl groups is 1. The highest BCUT2D eigenvalue weighted by atomic mass is 16.5. The van der Waals surface area contributed by atoms with Crippen molar-refractivity contribution in [1.29, 1.82) is 0 Å². The zero-order valence-corrected chi connectivity index (χ0v) is 27.2. The van der Waals surface area contributed by atoms with Gasteiger partial charge >= 0.3 is 0 Å². The lowest BCUT2D eigenvalue weighted by Crippen LogP contribution is -2.54. The second kappa shape index (κ2) is 11.7. The number of likely N-dealkylation sites (tertiary alicyclic amines) is 1. The number of hydrogen-bond donors (Lipinski definition) is 2. The van der Waals surface area contributed by atoms with Crippen LogP contribution in [0.15, 0.2) is 84.5 Å². The first-order chi connectivity index (χ1) is 23.1. The summed E-state index contributed by atoms with van der Waals surface area (Å²) in [5.74, 6) is -4.02. The van der Waals surface area contributed by atoms with E-state index in [0.29, 0.717) is 23.2 Å². The number of fused-ring (bicyclic) bond motifs is 4. The SMILES string of the molecule is COc1cc(C=C[C@H]2C3=CC[C@@H]4C(=O)N(C)C(=O)[C@@H]4[C@@H]3C[C@H]3C(=O)N(Nc4ccc(C)cc4)C(=O)[C@@]23c2ccccc2)cc(OC)c1O. The number of phenols is 1. The van der Waals surface area contributed by atoms with Gasteiger partial charge in [0.2, 0.25) is 17.6 Å². The monoisotopic (exact) mass is 647 g/mol. The van der Waals surface area contributed by atoms with E-state index in [4.69, 9.17) is 9.47 Å². The molecule has 4 aliphatic rings. The van der Waals surface area contributed by atoms with E-state index < -0.39 is 40.9 Å². The third-order valence-electron chi connectivity index (χ3n) is 10.7. The van der Waals surface area contributed by atoms with Gasteiger partial charge in [-0.25, -0.2) is 0 Å². The number of anilines is 1. The first-order valence-electron chi connectivity index (χ1n) is 16.0. The van der Waals surface area contributed by atoms with E-state index in [9.17, 15) is 19.5 Å². The highest BCUT2D eigenvalue weighted by Crippen LogP contribution is 2.61. The van der Waals surface area contributed by atoms with Crippen LogP contribution in [0.3, 0.4) is 0 Å². The summed E-state index contributed by atoms with van der Waals surface area (Å²) in [4.78, 5) is 57.6. The van der Waals surface area contributed by atoms with Gasteiger partial charge < -0.3 is 14.6 Å². The lowest BCUT2D eigenvalue weighted by Gasteiger charge is -2.49. The Morgan fingerprint density at radius 3 is 2.21 bits per heavy atom. The molecule has 2 saturated heterocycles. The lowest BCUT2D eigenvalue weighted by atomic mass is 9.50. The molecule has 10 heteroatoms. The van der Waals surface area contributed by atoms with Gasteiger partial charge in [-0.3, -0.25) is 29.5 Å². The van der Waals surface area contributed by atoms with Crippen LogP contribution in [0.2, 0.25) is 0 Å². The second-order valence-corrected chi connectivity index (χ2v) is 13.0. The molecule has 246 valence electrons. The van der Waals surface area contributed by atoms with Gasteiger partial charge in [-0.05, 0) is 61.1 Å². The Balaban J connectivity index is 1.43. The normalized spacial score (nSPS) is 27.9. The summed E-state index contributed by atoms with van der Waals surface area (Å²) in [5.41, 5.74) is 5.55. The van der Waals surface area contributed by atoms with Crippen molar-refractivity contribution in [1.82, 2.24) is 9.91 Å². The van der Waals surface area contributed by atoms with Crippen molar-refractivity contribution in [3.63, 3.8) is 0 Å². The zero-order valence-electron chi connectivity index (χ0n) is 27.2. The number of rotatable bonds is 7. The van der Waals surface area contributed by atoms with E-state index >= 15 is 4.79 Å². The van der Waals surface area contributed by atoms with Crippen molar-refractivity contribution in [2.45, 2.75) is 25.2 Å². The van der Waals surface area contributed by atoms with Crippen LogP contribution in [0.4, 0.5) is 5.69 Å². The Kier molecular flexibility index (Phi) is 7.61. The second-order valence-electron chi connectivity index (χ2n) is 13.0. The van der Waals surface area contributed by atoms with Crippen LogP contribution >= 0.6 is 0 Å². The largest absolute Gasteiger partial charge is 0.502 e. The minimum atomic E-state index is -1.36. The number of hydrazine groups is 1. The molecule has 2 N–H and O–H groups in total. The maximum absolute atomic E-state index is 15.1. The fraction of sp³-hybridized carbons (Fsp3) is 0.316. The minimum absolute atomic E-state index is 0.139. The topological polar surface area (TPSA) is 125 Å². The van der Waals surface area contributed by atoms with Crippen LogP contribution < -0.4 is 14.9 Å². The number of imide groups is 2. The molecule has 4 amide bonds. The van der Waals surface area contributed by atoms with Gasteiger partial charge in [0, 0.05) is 13.0 Å². The third-order valence-corrected chi connectivity index (χ3v) is 10.7. The predicted octanol–water partition coefficient (Wildman–Crippen LogP) is 4.88. The van der Waals surface area contributed by atoms with E-state index in [1.807, 2.05) is 79.7 Å². The molecule has 10 nitrogen and oxygen atoms in total. The molecule has 3 aromatic carbocycles. The highest BCUT2D eigenvalue weighted by molar-refractivity contribution is 6.13. The number of nitrogens with one attached hydrogen (secondary N) is 1. The maximum atomic E-state index is 15.1. The van der Waals surface area contributed by atoms with E-state index in [-0.39, 0.29) is 41.4 Å². The number of carbonyl (C=O) groups is 4. The summed E-state index contributed by atoms with van der Waals surface area (Å²) in [7, 11) is 4.41. The van der Waals surface area contributed by atoms with Crippen LogP contribution in [0, 0.1) is 36.5 Å². The standard InChI is InChI=1S/C38H37N3O7/c1-21-10-13-24(14-11-21)39-41-35(44)29-20-27-25(15-16-26-32(27)36(45)40(2)34(26)43)28(38(29,37(41)46)23-8-6-5-7-9-23)17-12-22-18-30(47-3)33(42)31(19-22)48-4/h5-15,17-19,26-29,32,39,42H,16,20H2,1-4H3/t26-,27+,28-,29-,32-,38-/m0/s1. The Labute approximate surface area is 278 Å². The molecule has 6 atom stereocenters. The van der Waals surface area contributed by atoms with Gasteiger partial charge in [-0.2, -0.15) is 5.01 Å². The lowest BCUT2D eigenvalue weighted by molar-refractivity contribution is -0.140. The average Bonchev–Trinajstić information content (AvgIpc) is 3.45. The Bertz CT molecular complexity index is 1860. The quantitative estimate of drug-likeness (QED) is 0.275. The number of carbonyl (C=O) groups excluding carboxylic acids is 4. The number of aryl methyl sites for hydroxylation is 1. The smallest absolute Gasteiger partial charge is 0.260 e. The number of hydrogen-bond acceptors (Lipinski definition) is 8. The number of allylic oxidation sites excluding steroid dienone is 3. The number of methoxy groups -OCH3 is 2. The Morgan fingerprint density at radius 1 is 0.896 bits per heavy atom. The summed E-state index contributed by atoms with van der Waals surface area (Å²) >= 11 is 0. The summed E-state index contributed by atoms with van der Waals surface area (Å²) < 4.78 is 10.8. The molecule has 3 aromatic rings. The van der Waals surface area contributed by atoms with Crippen molar-refractivity contribution in [3.05, 3.63) is 101 Å². The molecule has 3 fully saturated rings. The maximum Gasteiger partial charge on any atom is 0.260 e. The van der Waals surface area contributed by atoms with Gasteiger partial charge in [0.15, 0.2) is 11.5 Å². The van der Waals surface area contributed by atoms with Crippen LogP contribution in [-0.4, -0.2) is 59.9 Å². The molecule has 0 aromatic heterocycles. The van der Waals surface area contributed by atoms with Crippen molar-refractivity contribution in [3.8, 4) is 17.2 Å². The van der Waals surface area contributed by atoms with Crippen LogP contribution in [0.1, 0.15) is 29.5 Å².